The molecule has 1 heterocycles. The molecule has 3 rings (SSSR count). The van der Waals surface area contributed by atoms with E-state index in [9.17, 15) is 0 Å². The third kappa shape index (κ3) is 1.36. The summed E-state index contributed by atoms with van der Waals surface area (Å²) in [5.41, 5.74) is 0.970. The number of rotatable bonds is 3. The number of hydrogen-bond donors (Lipinski definition) is 0. The fourth-order valence-electron chi connectivity index (χ4n) is 2.35. The van der Waals surface area contributed by atoms with Gasteiger partial charge in [-0.1, -0.05) is 6.42 Å². The first-order valence-electron chi connectivity index (χ1n) is 5.78. The van der Waals surface area contributed by atoms with Crippen molar-refractivity contribution < 1.29 is 0 Å². The van der Waals surface area contributed by atoms with Gasteiger partial charge in [0.05, 0.1) is 17.2 Å². The minimum atomic E-state index is -0.180. The van der Waals surface area contributed by atoms with Gasteiger partial charge in [-0.2, -0.15) is 10.4 Å². The van der Waals surface area contributed by atoms with Crippen molar-refractivity contribution in [1.82, 2.24) is 9.78 Å². The first kappa shape index (κ1) is 8.96. The van der Waals surface area contributed by atoms with Gasteiger partial charge in [-0.25, -0.2) is 0 Å². The van der Waals surface area contributed by atoms with Crippen LogP contribution >= 0.6 is 0 Å². The minimum Gasteiger partial charge on any atom is -0.268 e. The van der Waals surface area contributed by atoms with E-state index in [1.807, 2.05) is 12.3 Å². The molecule has 0 aliphatic heterocycles. The van der Waals surface area contributed by atoms with Gasteiger partial charge < -0.3 is 0 Å². The molecule has 3 heteroatoms. The maximum atomic E-state index is 9.17. The Morgan fingerprint density at radius 1 is 1.53 bits per heavy atom. The maximum Gasteiger partial charge on any atom is 0.0991 e. The van der Waals surface area contributed by atoms with Gasteiger partial charge in [0.2, 0.25) is 0 Å². The van der Waals surface area contributed by atoms with Crippen molar-refractivity contribution in [3.8, 4) is 6.07 Å². The van der Waals surface area contributed by atoms with Gasteiger partial charge in [-0.3, -0.25) is 4.68 Å². The third-order valence-corrected chi connectivity index (χ3v) is 3.83. The van der Waals surface area contributed by atoms with Crippen LogP contribution in [0.1, 0.15) is 37.8 Å². The van der Waals surface area contributed by atoms with Gasteiger partial charge in [0.15, 0.2) is 0 Å². The molecule has 0 saturated heterocycles. The van der Waals surface area contributed by atoms with Crippen LogP contribution in [0.2, 0.25) is 0 Å². The van der Waals surface area contributed by atoms with E-state index in [1.54, 1.807) is 0 Å². The van der Waals surface area contributed by atoms with Crippen molar-refractivity contribution >= 4 is 0 Å². The fourth-order valence-corrected chi connectivity index (χ4v) is 2.35. The molecular weight excluding hydrogens is 186 g/mol. The Kier molecular flexibility index (Phi) is 1.85. The topological polar surface area (TPSA) is 41.6 Å². The van der Waals surface area contributed by atoms with Crippen molar-refractivity contribution in [2.45, 2.75) is 44.1 Å². The van der Waals surface area contributed by atoms with E-state index in [1.165, 1.54) is 19.3 Å². The van der Waals surface area contributed by atoms with Crippen LogP contribution in [-0.2, 0) is 12.0 Å². The van der Waals surface area contributed by atoms with Gasteiger partial charge >= 0.3 is 0 Å². The minimum absolute atomic E-state index is 0.180. The van der Waals surface area contributed by atoms with Crippen LogP contribution in [0.15, 0.2) is 12.3 Å². The largest absolute Gasteiger partial charge is 0.268 e. The smallest absolute Gasteiger partial charge is 0.0991 e. The Morgan fingerprint density at radius 3 is 2.87 bits per heavy atom. The molecule has 3 nitrogen and oxygen atoms in total. The van der Waals surface area contributed by atoms with Crippen molar-refractivity contribution in [2.75, 3.05) is 0 Å². The van der Waals surface area contributed by atoms with Crippen LogP contribution in [0.5, 0.6) is 0 Å². The molecule has 0 aromatic carbocycles. The van der Waals surface area contributed by atoms with E-state index in [0.717, 1.165) is 31.0 Å². The number of hydrogen-bond acceptors (Lipinski definition) is 2. The molecule has 2 aliphatic carbocycles. The molecule has 1 aromatic heterocycles. The molecule has 2 fully saturated rings. The van der Waals surface area contributed by atoms with Crippen LogP contribution in [-0.4, -0.2) is 9.78 Å². The van der Waals surface area contributed by atoms with E-state index in [2.05, 4.69) is 15.8 Å². The van der Waals surface area contributed by atoms with Gasteiger partial charge in [-0.05, 0) is 37.7 Å². The summed E-state index contributed by atoms with van der Waals surface area (Å²) >= 11 is 0. The number of nitrogens with zero attached hydrogens (tertiary/aromatic N) is 3. The molecule has 15 heavy (non-hydrogen) atoms. The first-order chi connectivity index (χ1) is 7.34. The molecule has 0 atom stereocenters. The second-order valence-corrected chi connectivity index (χ2v) is 4.89. The highest BCUT2D eigenvalue weighted by atomic mass is 15.3. The molecule has 1 aromatic rings. The monoisotopic (exact) mass is 201 g/mol. The van der Waals surface area contributed by atoms with Gasteiger partial charge in [0.1, 0.15) is 0 Å². The molecule has 2 aliphatic rings. The van der Waals surface area contributed by atoms with E-state index in [4.69, 9.17) is 5.26 Å². The molecule has 78 valence electrons. The molecule has 0 N–H and O–H groups in total. The van der Waals surface area contributed by atoms with Crippen LogP contribution in [0.25, 0.3) is 0 Å². The van der Waals surface area contributed by atoms with Crippen molar-refractivity contribution in [3.63, 3.8) is 0 Å². The summed E-state index contributed by atoms with van der Waals surface area (Å²) in [7, 11) is 0. The lowest BCUT2D eigenvalue weighted by molar-refractivity contribution is 0.262. The zero-order chi connectivity index (χ0) is 10.3. The summed E-state index contributed by atoms with van der Waals surface area (Å²) in [6, 6.07) is 4.47. The van der Waals surface area contributed by atoms with Crippen LogP contribution in [0, 0.1) is 17.2 Å². The van der Waals surface area contributed by atoms with Gasteiger partial charge in [-0.15, -0.1) is 0 Å². The first-order valence-corrected chi connectivity index (χ1v) is 5.78. The number of nitriles is 1. The van der Waals surface area contributed by atoms with E-state index in [0.29, 0.717) is 0 Å². The molecule has 0 amide bonds. The number of aromatic nitrogens is 2. The molecule has 0 radical (unpaired) electrons. The lowest BCUT2D eigenvalue weighted by atomic mass is 9.85. The van der Waals surface area contributed by atoms with Gasteiger partial charge in [0.25, 0.3) is 0 Å². The normalized spacial score (nSPS) is 23.1. The third-order valence-electron chi connectivity index (χ3n) is 3.83. The zero-order valence-electron chi connectivity index (χ0n) is 8.82. The summed E-state index contributed by atoms with van der Waals surface area (Å²) in [5, 5.41) is 13.5. The Hall–Kier alpha value is -1.30. The lowest BCUT2D eigenvalue weighted by Crippen LogP contribution is -2.22. The summed E-state index contributed by atoms with van der Waals surface area (Å²) in [5.74, 6) is 0.804. The summed E-state index contributed by atoms with van der Waals surface area (Å²) in [6.07, 6.45) is 7.90. The Morgan fingerprint density at radius 2 is 2.33 bits per heavy atom. The highest BCUT2D eigenvalue weighted by molar-refractivity contribution is 5.33. The van der Waals surface area contributed by atoms with Crippen LogP contribution in [0.4, 0.5) is 0 Å². The average Bonchev–Trinajstić information content (AvgIpc) is 2.85. The zero-order valence-corrected chi connectivity index (χ0v) is 8.82. The Balaban J connectivity index is 1.83. The van der Waals surface area contributed by atoms with E-state index in [-0.39, 0.29) is 5.41 Å². The lowest BCUT2D eigenvalue weighted by Gasteiger charge is -2.26. The van der Waals surface area contributed by atoms with Crippen molar-refractivity contribution in [3.05, 3.63) is 18.0 Å². The highest BCUT2D eigenvalue weighted by Gasteiger charge is 2.47. The summed E-state index contributed by atoms with van der Waals surface area (Å²) < 4.78 is 2.07. The fraction of sp³-hybridized carbons (Fsp3) is 0.667. The second kappa shape index (κ2) is 3.10. The molecule has 0 bridgehead atoms. The summed E-state index contributed by atoms with van der Waals surface area (Å²) in [4.78, 5) is 0. The highest BCUT2D eigenvalue weighted by Crippen LogP contribution is 2.47. The predicted molar refractivity (Wildman–Crippen MR) is 56.1 cm³/mol. The van der Waals surface area contributed by atoms with Crippen LogP contribution < -0.4 is 0 Å². The quantitative estimate of drug-likeness (QED) is 0.752. The van der Waals surface area contributed by atoms with Crippen molar-refractivity contribution in [1.29, 1.82) is 5.26 Å². The molecular formula is C12H15N3. The van der Waals surface area contributed by atoms with Crippen molar-refractivity contribution in [2.24, 2.45) is 5.92 Å². The standard InChI is InChI=1S/C12H15N3/c13-9-12(5-6-12)11-4-7-14-15(11)8-10-2-1-3-10/h4,7,10H,1-3,5-6,8H2. The summed E-state index contributed by atoms with van der Waals surface area (Å²) in [6.45, 7) is 1.02. The van der Waals surface area contributed by atoms with E-state index >= 15 is 0 Å². The van der Waals surface area contributed by atoms with E-state index < -0.39 is 0 Å². The SMILES string of the molecule is N#CC1(c2ccnn2CC2CCC2)CC1. The molecule has 0 unspecified atom stereocenters. The predicted octanol–water partition coefficient (Wildman–Crippen LogP) is 2.24. The Bertz CT molecular complexity index is 405. The second-order valence-electron chi connectivity index (χ2n) is 4.89. The van der Waals surface area contributed by atoms with Crippen LogP contribution in [0.3, 0.4) is 0 Å². The molecule has 0 spiro atoms. The average molecular weight is 201 g/mol. The molecule has 2 saturated carbocycles. The van der Waals surface area contributed by atoms with Gasteiger partial charge in [0, 0.05) is 12.7 Å². The maximum absolute atomic E-state index is 9.17. The Labute approximate surface area is 89.7 Å².